The largest absolute Gasteiger partial charge is 0.372 e. The molecule has 2 aliphatic rings. The average molecular weight is 429 g/mol. The summed E-state index contributed by atoms with van der Waals surface area (Å²) in [6.45, 7) is 6.24. The first-order valence-corrected chi connectivity index (χ1v) is 10.9. The van der Waals surface area contributed by atoms with Crippen molar-refractivity contribution in [1.82, 2.24) is 20.0 Å². The van der Waals surface area contributed by atoms with Crippen LogP contribution in [-0.2, 0) is 16.0 Å². The third-order valence-corrected chi connectivity index (χ3v) is 6.16. The Morgan fingerprint density at radius 2 is 1.81 bits per heavy atom. The molecule has 3 heterocycles. The number of H-pyrrole nitrogens is 1. The van der Waals surface area contributed by atoms with Crippen LogP contribution in [0.25, 0.3) is 0 Å². The van der Waals surface area contributed by atoms with Gasteiger partial charge in [-0.1, -0.05) is 18.2 Å². The summed E-state index contributed by atoms with van der Waals surface area (Å²) in [6, 6.07) is 6.39. The Balaban J connectivity index is 1.38. The molecule has 8 heteroatoms. The first-order valence-electron chi connectivity index (χ1n) is 10.9. The van der Waals surface area contributed by atoms with Crippen molar-refractivity contribution in [3.05, 3.63) is 53.1 Å². The molecule has 0 unspecified atom stereocenters. The number of aromatic nitrogens is 2. The minimum atomic E-state index is -0.349. The van der Waals surface area contributed by atoms with E-state index in [-0.39, 0.29) is 42.2 Å². The SMILES string of the molecule is C[C@@H]1CN(C(=O)c2cn[nH]c2C2CCN(C(=O)Cc3ccccc3F)CC2)C[C@H](C)O1. The van der Waals surface area contributed by atoms with Crippen LogP contribution in [0.3, 0.4) is 0 Å². The lowest BCUT2D eigenvalue weighted by atomic mass is 9.90. The number of piperidine rings is 1. The molecule has 1 N–H and O–H groups in total. The molecule has 0 bridgehead atoms. The van der Waals surface area contributed by atoms with Gasteiger partial charge in [0, 0.05) is 32.1 Å². The molecular weight excluding hydrogens is 399 g/mol. The van der Waals surface area contributed by atoms with E-state index in [9.17, 15) is 14.0 Å². The Bertz CT molecular complexity index is 928. The Morgan fingerprint density at radius 1 is 1.13 bits per heavy atom. The van der Waals surface area contributed by atoms with Gasteiger partial charge >= 0.3 is 0 Å². The van der Waals surface area contributed by atoms with Crippen molar-refractivity contribution in [3.8, 4) is 0 Å². The van der Waals surface area contributed by atoms with Gasteiger partial charge in [0.05, 0.1) is 36.1 Å². The second-order valence-electron chi connectivity index (χ2n) is 8.59. The number of aromatic amines is 1. The summed E-state index contributed by atoms with van der Waals surface area (Å²) in [4.78, 5) is 29.4. The number of morpholine rings is 1. The van der Waals surface area contributed by atoms with Crippen LogP contribution in [-0.4, -0.2) is 70.2 Å². The molecule has 2 aromatic rings. The van der Waals surface area contributed by atoms with E-state index >= 15 is 0 Å². The summed E-state index contributed by atoms with van der Waals surface area (Å²) in [5.41, 5.74) is 1.88. The molecule has 0 spiro atoms. The van der Waals surface area contributed by atoms with Gasteiger partial charge in [0.1, 0.15) is 5.82 Å². The maximum atomic E-state index is 13.9. The number of halogens is 1. The van der Waals surface area contributed by atoms with Crippen molar-refractivity contribution in [3.63, 3.8) is 0 Å². The number of hydrogen-bond acceptors (Lipinski definition) is 4. The molecule has 2 fully saturated rings. The summed E-state index contributed by atoms with van der Waals surface area (Å²) in [5, 5.41) is 7.17. The molecule has 2 amide bonds. The van der Waals surface area contributed by atoms with E-state index in [0.717, 1.165) is 18.5 Å². The number of nitrogens with zero attached hydrogens (tertiary/aromatic N) is 3. The van der Waals surface area contributed by atoms with Crippen molar-refractivity contribution in [2.75, 3.05) is 26.2 Å². The summed E-state index contributed by atoms with van der Waals surface area (Å²) in [6.07, 6.45) is 3.16. The van der Waals surface area contributed by atoms with Crippen molar-refractivity contribution in [1.29, 1.82) is 0 Å². The number of amides is 2. The number of likely N-dealkylation sites (tertiary alicyclic amines) is 1. The summed E-state index contributed by atoms with van der Waals surface area (Å²) in [5.74, 6) is -0.308. The lowest BCUT2D eigenvalue weighted by molar-refractivity contribution is -0.131. The summed E-state index contributed by atoms with van der Waals surface area (Å²) >= 11 is 0. The highest BCUT2D eigenvalue weighted by Gasteiger charge is 2.32. The zero-order chi connectivity index (χ0) is 22.0. The molecule has 2 saturated heterocycles. The molecule has 7 nitrogen and oxygen atoms in total. The van der Waals surface area contributed by atoms with Gasteiger partial charge in [-0.2, -0.15) is 5.10 Å². The molecule has 2 atom stereocenters. The lowest BCUT2D eigenvalue weighted by Crippen LogP contribution is -2.48. The summed E-state index contributed by atoms with van der Waals surface area (Å²) < 4.78 is 19.6. The fourth-order valence-corrected chi connectivity index (χ4v) is 4.63. The quantitative estimate of drug-likeness (QED) is 0.812. The second-order valence-corrected chi connectivity index (χ2v) is 8.59. The monoisotopic (exact) mass is 428 g/mol. The standard InChI is InChI=1S/C23H29FN4O3/c1-15-13-28(14-16(2)31-15)23(30)19-12-25-26-22(19)17-7-9-27(10-8-17)21(29)11-18-5-3-4-6-20(18)24/h3-6,12,15-17H,7-11,13-14H2,1-2H3,(H,25,26)/t15-,16+. The van der Waals surface area contributed by atoms with Crippen LogP contribution >= 0.6 is 0 Å². The molecule has 166 valence electrons. The molecule has 2 aliphatic heterocycles. The lowest BCUT2D eigenvalue weighted by Gasteiger charge is -2.36. The summed E-state index contributed by atoms with van der Waals surface area (Å²) in [7, 11) is 0. The fourth-order valence-electron chi connectivity index (χ4n) is 4.63. The number of nitrogens with one attached hydrogen (secondary N) is 1. The van der Waals surface area contributed by atoms with Gasteiger partial charge in [-0.3, -0.25) is 14.7 Å². The molecule has 1 aromatic heterocycles. The Kier molecular flexibility index (Phi) is 6.36. The molecular formula is C23H29FN4O3. The van der Waals surface area contributed by atoms with Crippen LogP contribution in [0.1, 0.15) is 54.2 Å². The van der Waals surface area contributed by atoms with Gasteiger partial charge in [-0.15, -0.1) is 0 Å². The predicted octanol–water partition coefficient (Wildman–Crippen LogP) is 2.75. The van der Waals surface area contributed by atoms with Gasteiger partial charge in [-0.05, 0) is 38.3 Å². The van der Waals surface area contributed by atoms with Crippen molar-refractivity contribution < 1.29 is 18.7 Å². The van der Waals surface area contributed by atoms with Gasteiger partial charge in [-0.25, -0.2) is 4.39 Å². The predicted molar refractivity (Wildman–Crippen MR) is 113 cm³/mol. The average Bonchev–Trinajstić information content (AvgIpc) is 3.24. The van der Waals surface area contributed by atoms with E-state index in [1.807, 2.05) is 18.7 Å². The minimum absolute atomic E-state index is 0.00625. The molecule has 1 aromatic carbocycles. The van der Waals surface area contributed by atoms with E-state index in [2.05, 4.69) is 10.2 Å². The van der Waals surface area contributed by atoms with Crippen LogP contribution < -0.4 is 0 Å². The van der Waals surface area contributed by atoms with Crippen LogP contribution in [0.15, 0.2) is 30.5 Å². The van der Waals surface area contributed by atoms with E-state index < -0.39 is 0 Å². The van der Waals surface area contributed by atoms with Gasteiger partial charge in [0.2, 0.25) is 5.91 Å². The molecule has 0 saturated carbocycles. The third-order valence-electron chi connectivity index (χ3n) is 6.16. The highest BCUT2D eigenvalue weighted by atomic mass is 19.1. The molecule has 0 aliphatic carbocycles. The van der Waals surface area contributed by atoms with Gasteiger partial charge in [0.25, 0.3) is 5.91 Å². The number of ether oxygens (including phenoxy) is 1. The zero-order valence-corrected chi connectivity index (χ0v) is 18.0. The Hall–Kier alpha value is -2.74. The maximum absolute atomic E-state index is 13.9. The highest BCUT2D eigenvalue weighted by Crippen LogP contribution is 2.30. The molecule has 0 radical (unpaired) electrons. The smallest absolute Gasteiger partial charge is 0.257 e. The first-order chi connectivity index (χ1) is 14.9. The van der Waals surface area contributed by atoms with E-state index in [4.69, 9.17) is 4.74 Å². The fraction of sp³-hybridized carbons (Fsp3) is 0.522. The number of hydrogen-bond donors (Lipinski definition) is 1. The normalized spacial score (nSPS) is 22.5. The zero-order valence-electron chi connectivity index (χ0n) is 18.0. The van der Waals surface area contributed by atoms with E-state index in [0.29, 0.717) is 37.3 Å². The first kappa shape index (κ1) is 21.5. The second kappa shape index (κ2) is 9.18. The Labute approximate surface area is 181 Å². The molecule has 4 rings (SSSR count). The van der Waals surface area contributed by atoms with Crippen molar-refractivity contribution in [2.24, 2.45) is 0 Å². The minimum Gasteiger partial charge on any atom is -0.372 e. The van der Waals surface area contributed by atoms with Crippen molar-refractivity contribution >= 4 is 11.8 Å². The third kappa shape index (κ3) is 4.79. The van der Waals surface area contributed by atoms with Crippen LogP contribution in [0.4, 0.5) is 4.39 Å². The van der Waals surface area contributed by atoms with Gasteiger partial charge in [0.15, 0.2) is 0 Å². The number of benzene rings is 1. The van der Waals surface area contributed by atoms with E-state index in [1.54, 1.807) is 29.3 Å². The van der Waals surface area contributed by atoms with Gasteiger partial charge < -0.3 is 14.5 Å². The van der Waals surface area contributed by atoms with Crippen LogP contribution in [0.5, 0.6) is 0 Å². The van der Waals surface area contributed by atoms with Crippen molar-refractivity contribution in [2.45, 2.75) is 51.2 Å². The van der Waals surface area contributed by atoms with E-state index in [1.165, 1.54) is 6.07 Å². The Morgan fingerprint density at radius 3 is 2.48 bits per heavy atom. The van der Waals surface area contributed by atoms with Crippen LogP contribution in [0, 0.1) is 5.82 Å². The maximum Gasteiger partial charge on any atom is 0.257 e. The molecule has 31 heavy (non-hydrogen) atoms. The topological polar surface area (TPSA) is 78.5 Å². The number of carbonyl (C=O) groups is 2. The highest BCUT2D eigenvalue weighted by molar-refractivity contribution is 5.95. The number of carbonyl (C=O) groups excluding carboxylic acids is 2. The number of rotatable bonds is 4. The van der Waals surface area contributed by atoms with Crippen LogP contribution in [0.2, 0.25) is 0 Å².